The van der Waals surface area contributed by atoms with Crippen molar-refractivity contribution in [2.75, 3.05) is 6.26 Å². The predicted molar refractivity (Wildman–Crippen MR) is 66.5 cm³/mol. The standard InChI is InChI=1S/C11H12N2S2/c1-3-8-4-5-10(15-8)9-6-7-12-11(13-9)14-2/h4-7H,3H2,1-2H3. The molecule has 0 spiro atoms. The molecule has 0 aliphatic carbocycles. The van der Waals surface area contributed by atoms with Gasteiger partial charge in [-0.3, -0.25) is 0 Å². The molecule has 2 nitrogen and oxygen atoms in total. The Bertz CT molecular complexity index is 451. The Hall–Kier alpha value is -0.870. The fourth-order valence-electron chi connectivity index (χ4n) is 1.28. The highest BCUT2D eigenvalue weighted by molar-refractivity contribution is 7.98. The number of thiophene rings is 1. The molecular formula is C11H12N2S2. The lowest BCUT2D eigenvalue weighted by Crippen LogP contribution is -1.86. The number of hydrogen-bond donors (Lipinski definition) is 0. The van der Waals surface area contributed by atoms with Crippen LogP contribution in [0.15, 0.2) is 29.6 Å². The Kier molecular flexibility index (Phi) is 3.38. The lowest BCUT2D eigenvalue weighted by Gasteiger charge is -1.98. The van der Waals surface area contributed by atoms with Gasteiger partial charge in [0.25, 0.3) is 0 Å². The van der Waals surface area contributed by atoms with Crippen LogP contribution in [-0.2, 0) is 6.42 Å². The molecule has 2 aromatic heterocycles. The van der Waals surface area contributed by atoms with Gasteiger partial charge < -0.3 is 0 Å². The summed E-state index contributed by atoms with van der Waals surface area (Å²) in [5.74, 6) is 0. The van der Waals surface area contributed by atoms with Crippen LogP contribution < -0.4 is 0 Å². The molecule has 0 aliphatic rings. The molecule has 0 atom stereocenters. The van der Waals surface area contributed by atoms with E-state index in [1.807, 2.05) is 18.5 Å². The van der Waals surface area contributed by atoms with Crippen molar-refractivity contribution >= 4 is 23.1 Å². The Labute approximate surface area is 97.8 Å². The van der Waals surface area contributed by atoms with Gasteiger partial charge in [-0.05, 0) is 30.9 Å². The average molecular weight is 236 g/mol. The minimum absolute atomic E-state index is 0.832. The molecule has 2 aromatic rings. The van der Waals surface area contributed by atoms with E-state index >= 15 is 0 Å². The first-order valence-corrected chi connectivity index (χ1v) is 6.83. The third-order valence-electron chi connectivity index (χ3n) is 2.08. The predicted octanol–water partition coefficient (Wildman–Crippen LogP) is 3.49. The van der Waals surface area contributed by atoms with Crippen LogP contribution in [0.2, 0.25) is 0 Å². The highest BCUT2D eigenvalue weighted by Gasteiger charge is 2.04. The molecule has 0 amide bonds. The topological polar surface area (TPSA) is 25.8 Å². The van der Waals surface area contributed by atoms with Crippen molar-refractivity contribution in [2.45, 2.75) is 18.5 Å². The second-order valence-corrected chi connectivity index (χ2v) is 4.99. The van der Waals surface area contributed by atoms with Crippen LogP contribution in [0.5, 0.6) is 0 Å². The third kappa shape index (κ3) is 2.38. The van der Waals surface area contributed by atoms with Gasteiger partial charge in [0.15, 0.2) is 5.16 Å². The van der Waals surface area contributed by atoms with E-state index in [2.05, 4.69) is 29.0 Å². The first-order valence-electron chi connectivity index (χ1n) is 4.79. The summed E-state index contributed by atoms with van der Waals surface area (Å²) >= 11 is 3.38. The van der Waals surface area contributed by atoms with Gasteiger partial charge in [0, 0.05) is 11.1 Å². The molecule has 0 aliphatic heterocycles. The van der Waals surface area contributed by atoms with E-state index in [-0.39, 0.29) is 0 Å². The van der Waals surface area contributed by atoms with Crippen LogP contribution in [0.25, 0.3) is 10.6 Å². The Morgan fingerprint density at radius 1 is 1.33 bits per heavy atom. The number of hydrogen-bond acceptors (Lipinski definition) is 4. The van der Waals surface area contributed by atoms with E-state index < -0.39 is 0 Å². The van der Waals surface area contributed by atoms with Crippen molar-refractivity contribution in [3.05, 3.63) is 29.3 Å². The number of thioether (sulfide) groups is 1. The van der Waals surface area contributed by atoms with E-state index in [1.165, 1.54) is 9.75 Å². The second-order valence-electron chi connectivity index (χ2n) is 3.05. The van der Waals surface area contributed by atoms with Gasteiger partial charge in [-0.15, -0.1) is 11.3 Å². The Balaban J connectivity index is 2.35. The van der Waals surface area contributed by atoms with Gasteiger partial charge in [-0.1, -0.05) is 18.7 Å². The van der Waals surface area contributed by atoms with Crippen molar-refractivity contribution in [1.82, 2.24) is 9.97 Å². The lowest BCUT2D eigenvalue weighted by molar-refractivity contribution is 0.978. The first kappa shape index (κ1) is 10.6. The second kappa shape index (κ2) is 4.77. The summed E-state index contributed by atoms with van der Waals surface area (Å²) in [6.45, 7) is 2.17. The third-order valence-corrected chi connectivity index (χ3v) is 3.89. The van der Waals surface area contributed by atoms with Gasteiger partial charge in [0.2, 0.25) is 0 Å². The van der Waals surface area contributed by atoms with Gasteiger partial charge in [-0.2, -0.15) is 0 Å². The zero-order chi connectivity index (χ0) is 10.7. The summed E-state index contributed by atoms with van der Waals surface area (Å²) in [4.78, 5) is 11.3. The molecule has 0 N–H and O–H groups in total. The molecule has 0 bridgehead atoms. The van der Waals surface area contributed by atoms with Crippen molar-refractivity contribution in [1.29, 1.82) is 0 Å². The molecule has 2 heterocycles. The summed E-state index contributed by atoms with van der Waals surface area (Å²) in [6, 6.07) is 6.27. The maximum atomic E-state index is 4.47. The van der Waals surface area contributed by atoms with E-state index in [4.69, 9.17) is 0 Å². The minimum Gasteiger partial charge on any atom is -0.231 e. The van der Waals surface area contributed by atoms with Crippen LogP contribution in [-0.4, -0.2) is 16.2 Å². The molecule has 0 unspecified atom stereocenters. The van der Waals surface area contributed by atoms with Crippen molar-refractivity contribution in [3.8, 4) is 10.6 Å². The van der Waals surface area contributed by atoms with Crippen molar-refractivity contribution in [2.24, 2.45) is 0 Å². The van der Waals surface area contributed by atoms with Gasteiger partial charge in [-0.25, -0.2) is 9.97 Å². The van der Waals surface area contributed by atoms with E-state index in [0.29, 0.717) is 0 Å². The normalized spacial score (nSPS) is 10.5. The fraction of sp³-hybridized carbons (Fsp3) is 0.273. The van der Waals surface area contributed by atoms with Crippen LogP contribution in [0.4, 0.5) is 0 Å². The Morgan fingerprint density at radius 3 is 2.87 bits per heavy atom. The number of nitrogens with zero attached hydrogens (tertiary/aromatic N) is 2. The highest BCUT2D eigenvalue weighted by atomic mass is 32.2. The fourth-order valence-corrected chi connectivity index (χ4v) is 2.56. The number of aromatic nitrogens is 2. The van der Waals surface area contributed by atoms with Gasteiger partial charge in [0.05, 0.1) is 10.6 Å². The molecule has 2 rings (SSSR count). The van der Waals surface area contributed by atoms with Crippen LogP contribution in [0, 0.1) is 0 Å². The largest absolute Gasteiger partial charge is 0.231 e. The molecule has 0 aromatic carbocycles. The van der Waals surface area contributed by atoms with Crippen molar-refractivity contribution < 1.29 is 0 Å². The maximum Gasteiger partial charge on any atom is 0.187 e. The van der Waals surface area contributed by atoms with Crippen LogP contribution in [0.1, 0.15) is 11.8 Å². The SMILES string of the molecule is CCc1ccc(-c2ccnc(SC)n2)s1. The summed E-state index contributed by atoms with van der Waals surface area (Å²) in [5.41, 5.74) is 1.03. The summed E-state index contributed by atoms with van der Waals surface area (Å²) in [5, 5.41) is 0.832. The molecule has 0 radical (unpaired) electrons. The van der Waals surface area contributed by atoms with Crippen LogP contribution in [0.3, 0.4) is 0 Å². The minimum atomic E-state index is 0.832. The monoisotopic (exact) mass is 236 g/mol. The zero-order valence-corrected chi connectivity index (χ0v) is 10.4. The molecule has 15 heavy (non-hydrogen) atoms. The van der Waals surface area contributed by atoms with E-state index in [1.54, 1.807) is 23.1 Å². The highest BCUT2D eigenvalue weighted by Crippen LogP contribution is 2.27. The summed E-state index contributed by atoms with van der Waals surface area (Å²) in [7, 11) is 0. The van der Waals surface area contributed by atoms with Crippen LogP contribution >= 0.6 is 23.1 Å². The lowest BCUT2D eigenvalue weighted by atomic mass is 10.3. The smallest absolute Gasteiger partial charge is 0.187 e. The molecule has 0 fully saturated rings. The molecule has 0 saturated heterocycles. The average Bonchev–Trinajstić information content (AvgIpc) is 2.78. The summed E-state index contributed by atoms with van der Waals surface area (Å²) < 4.78 is 0. The maximum absolute atomic E-state index is 4.47. The summed E-state index contributed by atoms with van der Waals surface area (Å²) in [6.07, 6.45) is 4.90. The van der Waals surface area contributed by atoms with Gasteiger partial charge in [0.1, 0.15) is 0 Å². The Morgan fingerprint density at radius 2 is 2.20 bits per heavy atom. The molecular weight excluding hydrogens is 224 g/mol. The quantitative estimate of drug-likeness (QED) is 0.602. The zero-order valence-electron chi connectivity index (χ0n) is 8.73. The van der Waals surface area contributed by atoms with Crippen molar-refractivity contribution in [3.63, 3.8) is 0 Å². The number of rotatable bonds is 3. The van der Waals surface area contributed by atoms with E-state index in [0.717, 1.165) is 17.3 Å². The number of aryl methyl sites for hydroxylation is 1. The van der Waals surface area contributed by atoms with Gasteiger partial charge >= 0.3 is 0 Å². The first-order chi connectivity index (χ1) is 7.33. The van der Waals surface area contributed by atoms with E-state index in [9.17, 15) is 0 Å². The molecule has 0 saturated carbocycles. The molecule has 4 heteroatoms. The molecule has 78 valence electrons.